The number of rotatable bonds is 6. The number of hydrogen-bond donors (Lipinski definition) is 2. The maximum atomic E-state index is 12.2. The SMILES string of the molecule is O=C(NCCN1CCCCCC1)c1csc(Nc2ccccc2)n1. The van der Waals surface area contributed by atoms with Crippen molar-refractivity contribution >= 4 is 28.1 Å². The molecule has 5 nitrogen and oxygen atoms in total. The zero-order valence-corrected chi connectivity index (χ0v) is 14.6. The summed E-state index contributed by atoms with van der Waals surface area (Å²) in [4.78, 5) is 19.0. The number of benzene rings is 1. The lowest BCUT2D eigenvalue weighted by molar-refractivity contribution is 0.0944. The molecule has 1 aliphatic heterocycles. The van der Waals surface area contributed by atoms with E-state index in [0.29, 0.717) is 12.2 Å². The van der Waals surface area contributed by atoms with Gasteiger partial charge in [-0.25, -0.2) is 4.98 Å². The molecule has 2 N–H and O–H groups in total. The van der Waals surface area contributed by atoms with Crippen LogP contribution >= 0.6 is 11.3 Å². The number of thiazole rings is 1. The average Bonchev–Trinajstić information content (AvgIpc) is 2.91. The molecule has 0 bridgehead atoms. The van der Waals surface area contributed by atoms with Gasteiger partial charge in [0.05, 0.1) is 0 Å². The summed E-state index contributed by atoms with van der Waals surface area (Å²) in [5.74, 6) is -0.0952. The Kier molecular flexibility index (Phi) is 6.20. The van der Waals surface area contributed by atoms with Crippen molar-refractivity contribution in [3.05, 3.63) is 41.4 Å². The number of anilines is 2. The molecule has 1 aliphatic rings. The van der Waals surface area contributed by atoms with Crippen LogP contribution in [0.5, 0.6) is 0 Å². The van der Waals surface area contributed by atoms with E-state index in [4.69, 9.17) is 0 Å². The Hall–Kier alpha value is -1.92. The van der Waals surface area contributed by atoms with Crippen LogP contribution in [0.3, 0.4) is 0 Å². The predicted octanol–water partition coefficient (Wildman–Crippen LogP) is 3.49. The van der Waals surface area contributed by atoms with E-state index < -0.39 is 0 Å². The van der Waals surface area contributed by atoms with Crippen LogP contribution in [-0.2, 0) is 0 Å². The van der Waals surface area contributed by atoms with Crippen LogP contribution in [0.15, 0.2) is 35.7 Å². The summed E-state index contributed by atoms with van der Waals surface area (Å²) in [6, 6.07) is 9.85. The van der Waals surface area contributed by atoms with E-state index in [1.165, 1.54) is 37.0 Å². The summed E-state index contributed by atoms with van der Waals surface area (Å²) in [6.45, 7) is 3.90. The van der Waals surface area contributed by atoms with E-state index in [2.05, 4.69) is 20.5 Å². The Balaban J connectivity index is 1.45. The van der Waals surface area contributed by atoms with E-state index in [-0.39, 0.29) is 5.91 Å². The largest absolute Gasteiger partial charge is 0.349 e. The van der Waals surface area contributed by atoms with Crippen LogP contribution in [0, 0.1) is 0 Å². The van der Waals surface area contributed by atoms with Crippen LogP contribution in [0.25, 0.3) is 0 Å². The summed E-state index contributed by atoms with van der Waals surface area (Å²) < 4.78 is 0. The van der Waals surface area contributed by atoms with E-state index in [1.54, 1.807) is 5.38 Å². The smallest absolute Gasteiger partial charge is 0.270 e. The Labute approximate surface area is 147 Å². The number of carbonyl (C=O) groups excluding carboxylic acids is 1. The van der Waals surface area contributed by atoms with Gasteiger partial charge < -0.3 is 15.5 Å². The van der Waals surface area contributed by atoms with Crippen LogP contribution < -0.4 is 10.6 Å². The van der Waals surface area contributed by atoms with Gasteiger partial charge >= 0.3 is 0 Å². The zero-order chi connectivity index (χ0) is 16.6. The number of likely N-dealkylation sites (tertiary alicyclic amines) is 1. The van der Waals surface area contributed by atoms with Crippen molar-refractivity contribution in [1.29, 1.82) is 0 Å². The Morgan fingerprint density at radius 3 is 2.62 bits per heavy atom. The second-order valence-electron chi connectivity index (χ2n) is 6.04. The number of aromatic nitrogens is 1. The molecule has 2 aromatic rings. The molecule has 1 aromatic heterocycles. The van der Waals surface area contributed by atoms with Crippen molar-refractivity contribution < 1.29 is 4.79 Å². The van der Waals surface area contributed by atoms with Crippen molar-refractivity contribution in [3.63, 3.8) is 0 Å². The Morgan fingerprint density at radius 2 is 1.88 bits per heavy atom. The Bertz CT molecular complexity index is 635. The molecule has 1 fully saturated rings. The minimum absolute atomic E-state index is 0.0952. The van der Waals surface area contributed by atoms with Gasteiger partial charge in [0.25, 0.3) is 5.91 Å². The molecular formula is C18H24N4OS. The molecule has 0 radical (unpaired) electrons. The molecule has 24 heavy (non-hydrogen) atoms. The fraction of sp³-hybridized carbons (Fsp3) is 0.444. The molecule has 1 aromatic carbocycles. The summed E-state index contributed by atoms with van der Waals surface area (Å²) in [7, 11) is 0. The average molecular weight is 344 g/mol. The maximum Gasteiger partial charge on any atom is 0.270 e. The number of hydrogen-bond acceptors (Lipinski definition) is 5. The van der Waals surface area contributed by atoms with Gasteiger partial charge in [0.2, 0.25) is 0 Å². The number of nitrogens with one attached hydrogen (secondary N) is 2. The normalized spacial score (nSPS) is 15.7. The first-order chi connectivity index (χ1) is 11.8. The monoisotopic (exact) mass is 344 g/mol. The lowest BCUT2D eigenvalue weighted by Crippen LogP contribution is -2.35. The molecule has 0 atom stereocenters. The highest BCUT2D eigenvalue weighted by Crippen LogP contribution is 2.20. The van der Waals surface area contributed by atoms with Gasteiger partial charge in [-0.2, -0.15) is 0 Å². The molecule has 0 aliphatic carbocycles. The highest BCUT2D eigenvalue weighted by Gasteiger charge is 2.12. The van der Waals surface area contributed by atoms with Gasteiger partial charge in [0.15, 0.2) is 5.13 Å². The van der Waals surface area contributed by atoms with Crippen LogP contribution in [-0.4, -0.2) is 42.0 Å². The van der Waals surface area contributed by atoms with Gasteiger partial charge in [-0.1, -0.05) is 31.0 Å². The molecule has 0 saturated carbocycles. The lowest BCUT2D eigenvalue weighted by Gasteiger charge is -2.19. The third kappa shape index (κ3) is 5.04. The number of amides is 1. The quantitative estimate of drug-likeness (QED) is 0.842. The minimum atomic E-state index is -0.0952. The molecule has 0 unspecified atom stereocenters. The predicted molar refractivity (Wildman–Crippen MR) is 99.1 cm³/mol. The Morgan fingerprint density at radius 1 is 1.12 bits per heavy atom. The second-order valence-corrected chi connectivity index (χ2v) is 6.90. The van der Waals surface area contributed by atoms with E-state index in [0.717, 1.165) is 30.5 Å². The first-order valence-electron chi connectivity index (χ1n) is 8.59. The molecule has 2 heterocycles. The third-order valence-corrected chi connectivity index (χ3v) is 4.93. The fourth-order valence-corrected chi connectivity index (χ4v) is 3.57. The first kappa shape index (κ1) is 16.9. The molecule has 1 amide bonds. The maximum absolute atomic E-state index is 12.2. The van der Waals surface area contributed by atoms with Crippen molar-refractivity contribution in [1.82, 2.24) is 15.2 Å². The van der Waals surface area contributed by atoms with Gasteiger partial charge in [-0.3, -0.25) is 4.79 Å². The van der Waals surface area contributed by atoms with Crippen LogP contribution in [0.2, 0.25) is 0 Å². The van der Waals surface area contributed by atoms with Gasteiger partial charge in [0.1, 0.15) is 5.69 Å². The standard InChI is InChI=1S/C18H24N4OS/c23-17(19-10-13-22-11-6-1-2-7-12-22)16-14-24-18(21-16)20-15-8-4-3-5-9-15/h3-5,8-9,14H,1-2,6-7,10-13H2,(H,19,23)(H,20,21). The molecule has 0 spiro atoms. The fourth-order valence-electron chi connectivity index (χ4n) is 2.86. The summed E-state index contributed by atoms with van der Waals surface area (Å²) >= 11 is 1.44. The highest BCUT2D eigenvalue weighted by atomic mass is 32.1. The number of para-hydroxylation sites is 1. The topological polar surface area (TPSA) is 57.3 Å². The van der Waals surface area contributed by atoms with Crippen LogP contribution in [0.4, 0.5) is 10.8 Å². The minimum Gasteiger partial charge on any atom is -0.349 e. The van der Waals surface area contributed by atoms with Gasteiger partial charge in [-0.05, 0) is 38.1 Å². The molecule has 6 heteroatoms. The summed E-state index contributed by atoms with van der Waals surface area (Å²) in [6.07, 6.45) is 5.21. The van der Waals surface area contributed by atoms with Crippen molar-refractivity contribution in [2.24, 2.45) is 0 Å². The van der Waals surface area contributed by atoms with Crippen molar-refractivity contribution in [2.75, 3.05) is 31.5 Å². The van der Waals surface area contributed by atoms with Crippen molar-refractivity contribution in [3.8, 4) is 0 Å². The lowest BCUT2D eigenvalue weighted by atomic mass is 10.2. The molecule has 128 valence electrons. The summed E-state index contributed by atoms with van der Waals surface area (Å²) in [5.41, 5.74) is 1.45. The third-order valence-electron chi connectivity index (χ3n) is 4.17. The van der Waals surface area contributed by atoms with Gasteiger partial charge in [0, 0.05) is 24.2 Å². The summed E-state index contributed by atoms with van der Waals surface area (Å²) in [5, 5.41) is 8.73. The molecular weight excluding hydrogens is 320 g/mol. The van der Waals surface area contributed by atoms with E-state index in [9.17, 15) is 4.79 Å². The van der Waals surface area contributed by atoms with Gasteiger partial charge in [-0.15, -0.1) is 11.3 Å². The van der Waals surface area contributed by atoms with Crippen LogP contribution in [0.1, 0.15) is 36.2 Å². The van der Waals surface area contributed by atoms with Crippen molar-refractivity contribution in [2.45, 2.75) is 25.7 Å². The first-order valence-corrected chi connectivity index (χ1v) is 9.47. The number of carbonyl (C=O) groups is 1. The zero-order valence-electron chi connectivity index (χ0n) is 13.8. The second kappa shape index (κ2) is 8.80. The highest BCUT2D eigenvalue weighted by molar-refractivity contribution is 7.14. The van der Waals surface area contributed by atoms with E-state index >= 15 is 0 Å². The molecule has 3 rings (SSSR count). The van der Waals surface area contributed by atoms with E-state index in [1.807, 2.05) is 30.3 Å². The molecule has 1 saturated heterocycles. The number of nitrogens with zero attached hydrogens (tertiary/aromatic N) is 2.